The van der Waals surface area contributed by atoms with E-state index in [2.05, 4.69) is 0 Å². The molecule has 0 atom stereocenters. The SMILES string of the molecule is CN(C(=O)Cl)C(=O)/C=C/c1ccccc1. The maximum atomic E-state index is 11.3. The van der Waals surface area contributed by atoms with Gasteiger partial charge < -0.3 is 0 Å². The Labute approximate surface area is 93.0 Å². The van der Waals surface area contributed by atoms with E-state index in [1.54, 1.807) is 6.08 Å². The zero-order valence-corrected chi connectivity index (χ0v) is 8.94. The van der Waals surface area contributed by atoms with Gasteiger partial charge in [-0.25, -0.2) is 0 Å². The molecule has 3 nitrogen and oxygen atoms in total. The Morgan fingerprint density at radius 3 is 2.40 bits per heavy atom. The number of benzene rings is 1. The molecule has 78 valence electrons. The van der Waals surface area contributed by atoms with Gasteiger partial charge >= 0.3 is 5.37 Å². The minimum Gasteiger partial charge on any atom is -0.269 e. The van der Waals surface area contributed by atoms with Gasteiger partial charge in [-0.15, -0.1) is 0 Å². The molecule has 1 aromatic carbocycles. The fraction of sp³-hybridized carbons (Fsp3) is 0.0909. The molecular weight excluding hydrogens is 214 g/mol. The number of carbonyl (C=O) groups excluding carboxylic acids is 2. The third-order valence-corrected chi connectivity index (χ3v) is 2.07. The van der Waals surface area contributed by atoms with Gasteiger partial charge in [-0.2, -0.15) is 0 Å². The van der Waals surface area contributed by atoms with Gasteiger partial charge in [0, 0.05) is 13.1 Å². The zero-order valence-electron chi connectivity index (χ0n) is 8.18. The number of imide groups is 1. The number of rotatable bonds is 2. The molecule has 0 N–H and O–H groups in total. The summed E-state index contributed by atoms with van der Waals surface area (Å²) < 4.78 is 0. The van der Waals surface area contributed by atoms with Crippen molar-refractivity contribution >= 4 is 29.0 Å². The fourth-order valence-electron chi connectivity index (χ4n) is 0.930. The summed E-state index contributed by atoms with van der Waals surface area (Å²) in [4.78, 5) is 22.8. The van der Waals surface area contributed by atoms with Crippen molar-refractivity contribution < 1.29 is 9.59 Å². The highest BCUT2D eigenvalue weighted by Gasteiger charge is 2.10. The van der Waals surface area contributed by atoms with Gasteiger partial charge in [0.2, 0.25) is 0 Å². The number of carbonyl (C=O) groups is 2. The van der Waals surface area contributed by atoms with Crippen LogP contribution in [0.1, 0.15) is 5.56 Å². The van der Waals surface area contributed by atoms with Crippen molar-refractivity contribution in [1.29, 1.82) is 0 Å². The van der Waals surface area contributed by atoms with E-state index in [-0.39, 0.29) is 0 Å². The summed E-state index contributed by atoms with van der Waals surface area (Å²) in [6.07, 6.45) is 2.92. The second-order valence-corrected chi connectivity index (χ2v) is 3.22. The predicted molar refractivity (Wildman–Crippen MR) is 59.5 cm³/mol. The number of hydrogen-bond donors (Lipinski definition) is 0. The predicted octanol–water partition coefficient (Wildman–Crippen LogP) is 2.52. The Morgan fingerprint density at radius 2 is 1.87 bits per heavy atom. The molecule has 0 aliphatic rings. The van der Waals surface area contributed by atoms with E-state index in [0.717, 1.165) is 10.5 Å². The van der Waals surface area contributed by atoms with Crippen molar-refractivity contribution in [2.24, 2.45) is 0 Å². The number of nitrogens with zero attached hydrogens (tertiary/aromatic N) is 1. The minimum atomic E-state index is -0.794. The Hall–Kier alpha value is -1.61. The van der Waals surface area contributed by atoms with E-state index in [9.17, 15) is 9.59 Å². The van der Waals surface area contributed by atoms with Gasteiger partial charge in [0.15, 0.2) is 0 Å². The van der Waals surface area contributed by atoms with Crippen LogP contribution in [-0.2, 0) is 4.79 Å². The summed E-state index contributed by atoms with van der Waals surface area (Å²) >= 11 is 5.14. The van der Waals surface area contributed by atoms with Gasteiger partial charge in [-0.3, -0.25) is 14.5 Å². The smallest absolute Gasteiger partial charge is 0.269 e. The number of likely N-dealkylation sites (N-methyl/N-ethyl adjacent to an activating group) is 1. The van der Waals surface area contributed by atoms with Gasteiger partial charge in [0.05, 0.1) is 0 Å². The monoisotopic (exact) mass is 223 g/mol. The first-order valence-corrected chi connectivity index (χ1v) is 4.69. The van der Waals surface area contributed by atoms with Gasteiger partial charge in [0.1, 0.15) is 0 Å². The number of halogens is 1. The van der Waals surface area contributed by atoms with Crippen LogP contribution in [-0.4, -0.2) is 23.2 Å². The Morgan fingerprint density at radius 1 is 1.27 bits per heavy atom. The number of hydrogen-bond acceptors (Lipinski definition) is 2. The van der Waals surface area contributed by atoms with Crippen LogP contribution in [0.4, 0.5) is 4.79 Å². The summed E-state index contributed by atoms with van der Waals surface area (Å²) in [5, 5.41) is -0.794. The van der Waals surface area contributed by atoms with E-state index in [0.29, 0.717) is 0 Å². The van der Waals surface area contributed by atoms with Gasteiger partial charge in [-0.05, 0) is 23.2 Å². The summed E-state index contributed by atoms with van der Waals surface area (Å²) in [7, 11) is 1.33. The van der Waals surface area contributed by atoms with Crippen LogP contribution in [0.5, 0.6) is 0 Å². The third-order valence-electron chi connectivity index (χ3n) is 1.81. The lowest BCUT2D eigenvalue weighted by Gasteiger charge is -2.06. The Bertz CT molecular complexity index is 387. The molecule has 0 spiro atoms. The largest absolute Gasteiger partial charge is 0.323 e. The second-order valence-electron chi connectivity index (χ2n) is 2.89. The van der Waals surface area contributed by atoms with Crippen LogP contribution >= 0.6 is 11.6 Å². The summed E-state index contributed by atoms with van der Waals surface area (Å²) in [6, 6.07) is 9.31. The maximum absolute atomic E-state index is 11.3. The molecule has 0 aliphatic carbocycles. The maximum Gasteiger partial charge on any atom is 0.323 e. The van der Waals surface area contributed by atoms with Crippen LogP contribution in [0.3, 0.4) is 0 Å². The topological polar surface area (TPSA) is 37.4 Å². The van der Waals surface area contributed by atoms with Crippen LogP contribution in [0, 0.1) is 0 Å². The standard InChI is InChI=1S/C11H10ClNO2/c1-13(11(12)15)10(14)8-7-9-5-3-2-4-6-9/h2-8H,1H3/b8-7+. The van der Waals surface area contributed by atoms with Crippen LogP contribution in [0.2, 0.25) is 0 Å². The molecule has 2 amide bonds. The normalized spacial score (nSPS) is 10.3. The first-order chi connectivity index (χ1) is 7.11. The molecule has 0 bridgehead atoms. The fourth-order valence-corrected chi connectivity index (χ4v) is 1.01. The van der Waals surface area contributed by atoms with Crippen LogP contribution in [0.25, 0.3) is 6.08 Å². The van der Waals surface area contributed by atoms with Crippen molar-refractivity contribution in [2.75, 3.05) is 7.05 Å². The molecular formula is C11H10ClNO2. The molecule has 0 aromatic heterocycles. The Balaban J connectivity index is 2.67. The van der Waals surface area contributed by atoms with E-state index >= 15 is 0 Å². The van der Waals surface area contributed by atoms with Crippen molar-refractivity contribution in [3.8, 4) is 0 Å². The highest BCUT2D eigenvalue weighted by molar-refractivity contribution is 6.64. The lowest BCUT2D eigenvalue weighted by Crippen LogP contribution is -2.26. The van der Waals surface area contributed by atoms with Crippen molar-refractivity contribution in [1.82, 2.24) is 4.90 Å². The highest BCUT2D eigenvalue weighted by Crippen LogP contribution is 2.02. The lowest BCUT2D eigenvalue weighted by molar-refractivity contribution is -0.121. The van der Waals surface area contributed by atoms with Gasteiger partial charge in [0.25, 0.3) is 5.91 Å². The molecule has 15 heavy (non-hydrogen) atoms. The molecule has 0 heterocycles. The molecule has 4 heteroatoms. The third kappa shape index (κ3) is 3.56. The first-order valence-electron chi connectivity index (χ1n) is 4.31. The quantitative estimate of drug-likeness (QED) is 0.439. The van der Waals surface area contributed by atoms with Crippen molar-refractivity contribution in [2.45, 2.75) is 0 Å². The molecule has 0 fully saturated rings. The van der Waals surface area contributed by atoms with Crippen LogP contribution in [0.15, 0.2) is 36.4 Å². The van der Waals surface area contributed by atoms with E-state index in [1.165, 1.54) is 13.1 Å². The molecule has 0 saturated heterocycles. The summed E-state index contributed by atoms with van der Waals surface area (Å²) in [5.41, 5.74) is 0.890. The summed E-state index contributed by atoms with van der Waals surface area (Å²) in [6.45, 7) is 0. The second kappa shape index (κ2) is 5.32. The Kier molecular flexibility index (Phi) is 4.06. The number of amides is 2. The average molecular weight is 224 g/mol. The molecule has 0 radical (unpaired) electrons. The van der Waals surface area contributed by atoms with Gasteiger partial charge in [-0.1, -0.05) is 30.3 Å². The minimum absolute atomic E-state index is 0.446. The highest BCUT2D eigenvalue weighted by atomic mass is 35.5. The first kappa shape index (κ1) is 11.5. The van der Waals surface area contributed by atoms with Crippen molar-refractivity contribution in [3.63, 3.8) is 0 Å². The zero-order chi connectivity index (χ0) is 11.3. The van der Waals surface area contributed by atoms with E-state index in [4.69, 9.17) is 11.6 Å². The molecule has 1 rings (SSSR count). The van der Waals surface area contributed by atoms with E-state index in [1.807, 2.05) is 30.3 Å². The van der Waals surface area contributed by atoms with Crippen LogP contribution < -0.4 is 0 Å². The summed E-state index contributed by atoms with van der Waals surface area (Å²) in [5.74, 6) is -0.446. The average Bonchev–Trinajstić information content (AvgIpc) is 2.26. The molecule has 1 aromatic rings. The van der Waals surface area contributed by atoms with Crippen molar-refractivity contribution in [3.05, 3.63) is 42.0 Å². The molecule has 0 saturated carbocycles. The lowest BCUT2D eigenvalue weighted by atomic mass is 10.2. The molecule has 0 aliphatic heterocycles. The molecule has 0 unspecified atom stereocenters. The van der Waals surface area contributed by atoms with E-state index < -0.39 is 11.3 Å².